The fourth-order valence-electron chi connectivity index (χ4n) is 3.05. The zero-order valence-corrected chi connectivity index (χ0v) is 11.4. The third kappa shape index (κ3) is 3.26. The number of carboxylic acid groups (broad SMARTS) is 1. The van der Waals surface area contributed by atoms with Crippen molar-refractivity contribution in [3.05, 3.63) is 41.5 Å². The summed E-state index contributed by atoms with van der Waals surface area (Å²) in [5.41, 5.74) is 2.15. The Morgan fingerprint density at radius 1 is 1.35 bits per heavy atom. The van der Waals surface area contributed by atoms with Crippen molar-refractivity contribution in [3.63, 3.8) is 0 Å². The quantitative estimate of drug-likeness (QED) is 0.854. The van der Waals surface area contributed by atoms with Gasteiger partial charge in [-0.3, -0.25) is 4.90 Å². The average molecular weight is 273 g/mol. The minimum atomic E-state index is -0.917. The third-order valence-corrected chi connectivity index (χ3v) is 3.89. The highest BCUT2D eigenvalue weighted by molar-refractivity contribution is 5.85. The van der Waals surface area contributed by atoms with Gasteiger partial charge in [0, 0.05) is 25.7 Å². The fraction of sp³-hybridized carbons (Fsp3) is 0.438. The highest BCUT2D eigenvalue weighted by Crippen LogP contribution is 2.27. The Morgan fingerprint density at radius 3 is 2.80 bits per heavy atom. The molecule has 2 unspecified atom stereocenters. The summed E-state index contributed by atoms with van der Waals surface area (Å²) >= 11 is 0. The molecule has 106 valence electrons. The molecule has 1 aromatic carbocycles. The molecule has 0 saturated carbocycles. The first-order valence-electron chi connectivity index (χ1n) is 7.07. The van der Waals surface area contributed by atoms with E-state index in [1.54, 1.807) is 6.08 Å². The number of hydrogen-bond donors (Lipinski definition) is 1. The lowest BCUT2D eigenvalue weighted by Crippen LogP contribution is -2.41. The van der Waals surface area contributed by atoms with E-state index >= 15 is 0 Å². The number of likely N-dealkylation sites (tertiary alicyclic amines) is 1. The molecule has 2 fully saturated rings. The highest BCUT2D eigenvalue weighted by atomic mass is 16.5. The number of carboxylic acids is 1. The molecule has 2 bridgehead atoms. The number of aliphatic carboxylic acids is 1. The molecule has 0 radical (unpaired) electrons. The second kappa shape index (κ2) is 5.77. The molecule has 0 amide bonds. The topological polar surface area (TPSA) is 49.8 Å². The first-order valence-corrected chi connectivity index (χ1v) is 7.07. The van der Waals surface area contributed by atoms with E-state index in [1.165, 1.54) is 24.5 Å². The molecule has 1 N–H and O–H groups in total. The van der Waals surface area contributed by atoms with E-state index in [2.05, 4.69) is 17.0 Å². The predicted octanol–water partition coefficient (Wildman–Crippen LogP) is 2.15. The zero-order chi connectivity index (χ0) is 13.9. The summed E-state index contributed by atoms with van der Waals surface area (Å²) in [5, 5.41) is 8.66. The molecule has 0 aromatic heterocycles. The average Bonchev–Trinajstić information content (AvgIpc) is 2.76. The van der Waals surface area contributed by atoms with E-state index < -0.39 is 5.97 Å². The van der Waals surface area contributed by atoms with Gasteiger partial charge in [-0.15, -0.1) is 0 Å². The smallest absolute Gasteiger partial charge is 0.328 e. The Kier molecular flexibility index (Phi) is 3.85. The van der Waals surface area contributed by atoms with Crippen molar-refractivity contribution in [3.8, 4) is 0 Å². The van der Waals surface area contributed by atoms with Crippen molar-refractivity contribution in [2.75, 3.05) is 13.1 Å². The lowest BCUT2D eigenvalue weighted by Gasteiger charge is -2.32. The van der Waals surface area contributed by atoms with E-state index in [0.29, 0.717) is 12.2 Å². The maximum Gasteiger partial charge on any atom is 0.328 e. The second-order valence-electron chi connectivity index (χ2n) is 5.57. The van der Waals surface area contributed by atoms with Crippen molar-refractivity contribution in [2.24, 2.45) is 0 Å². The van der Waals surface area contributed by atoms with Gasteiger partial charge in [0.1, 0.15) is 0 Å². The highest BCUT2D eigenvalue weighted by Gasteiger charge is 2.33. The lowest BCUT2D eigenvalue weighted by atomic mass is 10.1. The molecular formula is C16H19NO3. The molecule has 0 aliphatic carbocycles. The summed E-state index contributed by atoms with van der Waals surface area (Å²) in [5.74, 6) is -0.917. The van der Waals surface area contributed by atoms with Gasteiger partial charge in [0.25, 0.3) is 0 Å². The van der Waals surface area contributed by atoms with Crippen molar-refractivity contribution < 1.29 is 14.6 Å². The van der Waals surface area contributed by atoms with Crippen LogP contribution in [0.2, 0.25) is 0 Å². The number of carbonyl (C=O) groups is 1. The van der Waals surface area contributed by atoms with Gasteiger partial charge in [0.2, 0.25) is 0 Å². The second-order valence-corrected chi connectivity index (χ2v) is 5.57. The zero-order valence-electron chi connectivity index (χ0n) is 11.4. The van der Waals surface area contributed by atoms with Crippen LogP contribution in [0, 0.1) is 0 Å². The van der Waals surface area contributed by atoms with Crippen LogP contribution >= 0.6 is 0 Å². The van der Waals surface area contributed by atoms with Gasteiger partial charge in [-0.25, -0.2) is 4.79 Å². The summed E-state index contributed by atoms with van der Waals surface area (Å²) < 4.78 is 5.84. The molecular weight excluding hydrogens is 254 g/mol. The molecule has 2 heterocycles. The van der Waals surface area contributed by atoms with Gasteiger partial charge in [-0.1, -0.05) is 24.3 Å². The lowest BCUT2D eigenvalue weighted by molar-refractivity contribution is -0.131. The minimum absolute atomic E-state index is 0.406. The van der Waals surface area contributed by atoms with Gasteiger partial charge >= 0.3 is 5.97 Å². The van der Waals surface area contributed by atoms with E-state index in [1.807, 2.05) is 12.1 Å². The maximum absolute atomic E-state index is 10.5. The fourth-order valence-corrected chi connectivity index (χ4v) is 3.05. The summed E-state index contributed by atoms with van der Waals surface area (Å²) in [6.45, 7) is 2.92. The van der Waals surface area contributed by atoms with Gasteiger partial charge in [0.05, 0.1) is 12.2 Å². The molecule has 2 atom stereocenters. The van der Waals surface area contributed by atoms with Crippen LogP contribution in [0.1, 0.15) is 24.0 Å². The van der Waals surface area contributed by atoms with Crippen molar-refractivity contribution >= 4 is 12.0 Å². The third-order valence-electron chi connectivity index (χ3n) is 3.89. The Hall–Kier alpha value is -1.65. The van der Waals surface area contributed by atoms with E-state index in [9.17, 15) is 4.79 Å². The number of morpholine rings is 1. The summed E-state index contributed by atoms with van der Waals surface area (Å²) in [6.07, 6.45) is 5.99. The van der Waals surface area contributed by atoms with Gasteiger partial charge in [-0.2, -0.15) is 0 Å². The summed E-state index contributed by atoms with van der Waals surface area (Å²) in [6, 6.07) is 8.05. The van der Waals surface area contributed by atoms with Crippen LogP contribution in [0.3, 0.4) is 0 Å². The molecule has 2 aliphatic rings. The Labute approximate surface area is 118 Å². The Morgan fingerprint density at radius 2 is 2.10 bits per heavy atom. The van der Waals surface area contributed by atoms with Gasteiger partial charge < -0.3 is 9.84 Å². The number of fused-ring (bicyclic) bond motifs is 2. The molecule has 4 nitrogen and oxygen atoms in total. The molecule has 2 aliphatic heterocycles. The molecule has 0 spiro atoms. The summed E-state index contributed by atoms with van der Waals surface area (Å²) in [4.78, 5) is 13.0. The molecule has 20 heavy (non-hydrogen) atoms. The van der Waals surface area contributed by atoms with Crippen LogP contribution < -0.4 is 0 Å². The number of benzene rings is 1. The molecule has 3 rings (SSSR count). The number of rotatable bonds is 4. The maximum atomic E-state index is 10.5. The minimum Gasteiger partial charge on any atom is -0.478 e. The predicted molar refractivity (Wildman–Crippen MR) is 76.3 cm³/mol. The van der Waals surface area contributed by atoms with Crippen LogP contribution in [0.15, 0.2) is 30.3 Å². The normalized spacial score (nSPS) is 26.2. The standard InChI is InChI=1S/C16H19NO3/c18-16(19)7-4-12-2-1-3-13(8-12)9-17-10-14-5-6-15(11-17)20-14/h1-4,7-8,14-15H,5-6,9-11H2,(H,18,19). The molecule has 1 aromatic rings. The monoisotopic (exact) mass is 273 g/mol. The van der Waals surface area contributed by atoms with E-state index in [4.69, 9.17) is 9.84 Å². The van der Waals surface area contributed by atoms with Crippen LogP contribution in [0.5, 0.6) is 0 Å². The summed E-state index contributed by atoms with van der Waals surface area (Å²) in [7, 11) is 0. The van der Waals surface area contributed by atoms with Gasteiger partial charge in [0.15, 0.2) is 0 Å². The molecule has 2 saturated heterocycles. The largest absolute Gasteiger partial charge is 0.478 e. The Bertz CT molecular complexity index is 514. The van der Waals surface area contributed by atoms with Crippen LogP contribution in [-0.2, 0) is 16.1 Å². The van der Waals surface area contributed by atoms with Crippen LogP contribution in [0.4, 0.5) is 0 Å². The number of ether oxygens (including phenoxy) is 1. The van der Waals surface area contributed by atoms with Crippen molar-refractivity contribution in [2.45, 2.75) is 31.6 Å². The van der Waals surface area contributed by atoms with Crippen molar-refractivity contribution in [1.29, 1.82) is 0 Å². The van der Waals surface area contributed by atoms with Gasteiger partial charge in [-0.05, 0) is 30.0 Å². The number of nitrogens with zero attached hydrogens (tertiary/aromatic N) is 1. The molecule has 4 heteroatoms. The number of hydrogen-bond acceptors (Lipinski definition) is 3. The van der Waals surface area contributed by atoms with E-state index in [-0.39, 0.29) is 0 Å². The van der Waals surface area contributed by atoms with Crippen LogP contribution in [-0.4, -0.2) is 41.3 Å². The van der Waals surface area contributed by atoms with Crippen LogP contribution in [0.25, 0.3) is 6.08 Å². The first kappa shape index (κ1) is 13.3. The first-order chi connectivity index (χ1) is 9.69. The SMILES string of the molecule is O=C(O)C=Cc1cccc(CN2CC3CCC(C2)O3)c1. The Balaban J connectivity index is 1.65. The van der Waals surface area contributed by atoms with Crippen molar-refractivity contribution in [1.82, 2.24) is 4.90 Å². The van der Waals surface area contributed by atoms with E-state index in [0.717, 1.165) is 25.2 Å².